The van der Waals surface area contributed by atoms with Gasteiger partial charge in [-0.1, -0.05) is 12.1 Å². The standard InChI is InChI=1S/C18H25N7O2/c1-24(2)9-5-10-25-13-6-3-4-7-15(13)27-17-14(25)12-16(22-23-17)26-11-8-21-18(19)20/h3-4,6-7,12H,5,8-11H2,1-2H3,(H4,19,20,21). The molecule has 0 unspecified atom stereocenters. The van der Waals surface area contributed by atoms with Crippen LogP contribution in [0, 0.1) is 0 Å². The maximum Gasteiger partial charge on any atom is 0.263 e. The molecule has 27 heavy (non-hydrogen) atoms. The molecule has 0 radical (unpaired) electrons. The van der Waals surface area contributed by atoms with Gasteiger partial charge in [-0.05, 0) is 39.2 Å². The molecule has 2 aromatic rings. The average Bonchev–Trinajstić information content (AvgIpc) is 2.64. The van der Waals surface area contributed by atoms with E-state index in [0.29, 0.717) is 24.9 Å². The fourth-order valence-electron chi connectivity index (χ4n) is 2.80. The van der Waals surface area contributed by atoms with Crippen LogP contribution in [0.25, 0.3) is 0 Å². The highest BCUT2D eigenvalue weighted by atomic mass is 16.5. The molecule has 4 N–H and O–H groups in total. The number of fused-ring (bicyclic) bond motifs is 2. The van der Waals surface area contributed by atoms with Crippen molar-refractivity contribution in [2.24, 2.45) is 16.5 Å². The van der Waals surface area contributed by atoms with Gasteiger partial charge in [0.05, 0.1) is 12.2 Å². The summed E-state index contributed by atoms with van der Waals surface area (Å²) in [5, 5.41) is 8.27. The second kappa shape index (κ2) is 8.54. The Morgan fingerprint density at radius 1 is 1.22 bits per heavy atom. The second-order valence-electron chi connectivity index (χ2n) is 6.41. The third-order valence-corrected chi connectivity index (χ3v) is 3.99. The van der Waals surface area contributed by atoms with Crippen molar-refractivity contribution in [3.63, 3.8) is 0 Å². The van der Waals surface area contributed by atoms with Crippen LogP contribution in [0.15, 0.2) is 35.3 Å². The number of aliphatic imine (C=N–C) groups is 1. The maximum atomic E-state index is 5.91. The smallest absolute Gasteiger partial charge is 0.263 e. The number of aromatic nitrogens is 2. The molecular formula is C18H25N7O2. The minimum Gasteiger partial charge on any atom is -0.475 e. The number of rotatable bonds is 8. The van der Waals surface area contributed by atoms with Gasteiger partial charge in [-0.25, -0.2) is 0 Å². The van der Waals surface area contributed by atoms with Crippen LogP contribution < -0.4 is 25.8 Å². The van der Waals surface area contributed by atoms with E-state index < -0.39 is 0 Å². The fraction of sp³-hybridized carbons (Fsp3) is 0.389. The summed E-state index contributed by atoms with van der Waals surface area (Å²) in [5.41, 5.74) is 12.5. The average molecular weight is 371 g/mol. The monoisotopic (exact) mass is 371 g/mol. The molecule has 0 saturated carbocycles. The summed E-state index contributed by atoms with van der Waals surface area (Å²) in [6.07, 6.45) is 0.990. The molecule has 0 aliphatic carbocycles. The van der Waals surface area contributed by atoms with Crippen LogP contribution in [0.3, 0.4) is 0 Å². The molecule has 1 aliphatic rings. The summed E-state index contributed by atoms with van der Waals surface area (Å²) in [5.74, 6) is 1.67. The molecular weight excluding hydrogens is 346 g/mol. The van der Waals surface area contributed by atoms with Crippen LogP contribution >= 0.6 is 0 Å². The highest BCUT2D eigenvalue weighted by molar-refractivity contribution is 5.77. The van der Waals surface area contributed by atoms with Gasteiger partial charge in [-0.3, -0.25) is 4.99 Å². The quantitative estimate of drug-likeness (QED) is 0.406. The summed E-state index contributed by atoms with van der Waals surface area (Å²) in [4.78, 5) is 8.24. The lowest BCUT2D eigenvalue weighted by Crippen LogP contribution is -2.26. The van der Waals surface area contributed by atoms with E-state index in [4.69, 9.17) is 20.9 Å². The molecule has 144 valence electrons. The molecule has 1 aromatic carbocycles. The molecule has 2 heterocycles. The lowest BCUT2D eigenvalue weighted by atomic mass is 10.2. The molecule has 0 saturated heterocycles. The Hall–Kier alpha value is -3.07. The van der Waals surface area contributed by atoms with E-state index in [1.165, 1.54) is 0 Å². The minimum absolute atomic E-state index is 0.0344. The zero-order valence-corrected chi connectivity index (χ0v) is 15.6. The number of para-hydroxylation sites is 2. The molecule has 1 aromatic heterocycles. The highest BCUT2D eigenvalue weighted by Crippen LogP contribution is 2.45. The Morgan fingerprint density at radius 3 is 2.81 bits per heavy atom. The molecule has 9 nitrogen and oxygen atoms in total. The van der Waals surface area contributed by atoms with Gasteiger partial charge in [0.1, 0.15) is 12.3 Å². The van der Waals surface area contributed by atoms with E-state index in [9.17, 15) is 0 Å². The van der Waals surface area contributed by atoms with Crippen LogP contribution in [0.2, 0.25) is 0 Å². The van der Waals surface area contributed by atoms with E-state index in [1.807, 2.05) is 30.3 Å². The fourth-order valence-corrected chi connectivity index (χ4v) is 2.80. The molecule has 0 atom stereocenters. The summed E-state index contributed by atoms with van der Waals surface area (Å²) >= 11 is 0. The topological polar surface area (TPSA) is 115 Å². The van der Waals surface area contributed by atoms with Crippen molar-refractivity contribution in [1.82, 2.24) is 15.1 Å². The number of hydrogen-bond acceptors (Lipinski definition) is 7. The Balaban J connectivity index is 1.80. The Morgan fingerprint density at radius 2 is 2.04 bits per heavy atom. The summed E-state index contributed by atoms with van der Waals surface area (Å²) in [6.45, 7) is 2.47. The van der Waals surface area contributed by atoms with Crippen molar-refractivity contribution in [1.29, 1.82) is 0 Å². The molecule has 0 spiro atoms. The SMILES string of the molecule is CN(C)CCCN1c2ccccc2Oc2nnc(OCCN=C(N)N)cc21. The number of hydrogen-bond donors (Lipinski definition) is 2. The lowest BCUT2D eigenvalue weighted by molar-refractivity contribution is 0.309. The molecule has 0 fully saturated rings. The van der Waals surface area contributed by atoms with Crippen LogP contribution in [-0.2, 0) is 0 Å². The number of anilines is 2. The van der Waals surface area contributed by atoms with Crippen LogP contribution in [0.5, 0.6) is 17.5 Å². The maximum absolute atomic E-state index is 5.91. The first-order valence-corrected chi connectivity index (χ1v) is 8.79. The van der Waals surface area contributed by atoms with Crippen molar-refractivity contribution in [2.45, 2.75) is 6.42 Å². The molecule has 1 aliphatic heterocycles. The first-order valence-electron chi connectivity index (χ1n) is 8.79. The van der Waals surface area contributed by atoms with Crippen LogP contribution in [0.4, 0.5) is 11.4 Å². The van der Waals surface area contributed by atoms with E-state index in [-0.39, 0.29) is 5.96 Å². The zero-order valence-electron chi connectivity index (χ0n) is 15.6. The first kappa shape index (κ1) is 18.7. The van der Waals surface area contributed by atoms with Gasteiger partial charge in [-0.2, -0.15) is 0 Å². The summed E-state index contributed by atoms with van der Waals surface area (Å²) in [7, 11) is 4.13. The van der Waals surface area contributed by atoms with Gasteiger partial charge < -0.3 is 30.7 Å². The van der Waals surface area contributed by atoms with Crippen LogP contribution in [-0.4, -0.2) is 61.4 Å². The highest BCUT2D eigenvalue weighted by Gasteiger charge is 2.26. The van der Waals surface area contributed by atoms with E-state index >= 15 is 0 Å². The molecule has 3 rings (SSSR count). The Bertz CT molecular complexity index is 806. The predicted molar refractivity (Wildman–Crippen MR) is 105 cm³/mol. The van der Waals surface area contributed by atoms with Crippen molar-refractivity contribution >= 4 is 17.3 Å². The number of ether oxygens (including phenoxy) is 2. The Kier molecular flexibility index (Phi) is 5.92. The van der Waals surface area contributed by atoms with E-state index in [2.05, 4.69) is 39.1 Å². The predicted octanol–water partition coefficient (Wildman–Crippen LogP) is 1.32. The van der Waals surface area contributed by atoms with Gasteiger partial charge in [0.25, 0.3) is 5.88 Å². The van der Waals surface area contributed by atoms with Crippen molar-refractivity contribution in [2.75, 3.05) is 45.2 Å². The van der Waals surface area contributed by atoms with Gasteiger partial charge in [0.2, 0.25) is 5.88 Å². The third kappa shape index (κ3) is 4.76. The first-order chi connectivity index (χ1) is 13.0. The second-order valence-corrected chi connectivity index (χ2v) is 6.41. The van der Waals surface area contributed by atoms with E-state index in [1.54, 1.807) is 0 Å². The van der Waals surface area contributed by atoms with Crippen molar-refractivity contribution < 1.29 is 9.47 Å². The van der Waals surface area contributed by atoms with Gasteiger partial charge in [0, 0.05) is 12.6 Å². The van der Waals surface area contributed by atoms with Crippen LogP contribution in [0.1, 0.15) is 6.42 Å². The normalized spacial score (nSPS) is 12.2. The van der Waals surface area contributed by atoms with E-state index in [0.717, 1.165) is 36.6 Å². The number of nitrogens with zero attached hydrogens (tertiary/aromatic N) is 5. The number of guanidine groups is 1. The Labute approximate surface area is 158 Å². The minimum atomic E-state index is 0.0344. The molecule has 9 heteroatoms. The largest absolute Gasteiger partial charge is 0.475 e. The van der Waals surface area contributed by atoms with Gasteiger partial charge >= 0.3 is 0 Å². The zero-order chi connectivity index (χ0) is 19.2. The summed E-state index contributed by atoms with van der Waals surface area (Å²) < 4.78 is 11.5. The third-order valence-electron chi connectivity index (χ3n) is 3.99. The number of benzene rings is 1. The van der Waals surface area contributed by atoms with Crippen molar-refractivity contribution in [3.8, 4) is 17.5 Å². The molecule has 0 amide bonds. The molecule has 0 bridgehead atoms. The number of nitrogens with two attached hydrogens (primary N) is 2. The van der Waals surface area contributed by atoms with Gasteiger partial charge in [-0.15, -0.1) is 10.2 Å². The van der Waals surface area contributed by atoms with Crippen molar-refractivity contribution in [3.05, 3.63) is 30.3 Å². The lowest BCUT2D eigenvalue weighted by Gasteiger charge is -2.32. The van der Waals surface area contributed by atoms with Gasteiger partial charge in [0.15, 0.2) is 11.7 Å². The summed E-state index contributed by atoms with van der Waals surface area (Å²) in [6, 6.07) is 9.74.